The first kappa shape index (κ1) is 70.0. The average molecular weight is 1030 g/mol. The molecule has 0 rings (SSSR count). The second-order valence-corrected chi connectivity index (χ2v) is 23.3. The van der Waals surface area contributed by atoms with Crippen molar-refractivity contribution >= 4 is 19.7 Å². The van der Waals surface area contributed by atoms with E-state index >= 15 is 0 Å². The van der Waals surface area contributed by atoms with Crippen LogP contribution < -0.4 is 5.32 Å². The average Bonchev–Trinajstić information content (AvgIpc) is 3.34. The Labute approximate surface area is 446 Å². The van der Waals surface area contributed by atoms with E-state index in [9.17, 15) is 19.0 Å². The van der Waals surface area contributed by atoms with Crippen LogP contribution in [-0.4, -0.2) is 74.3 Å². The molecule has 1 amide bonds. The molecule has 0 aromatic heterocycles. The van der Waals surface area contributed by atoms with Crippen molar-refractivity contribution in [3.05, 3.63) is 48.6 Å². The third-order valence-corrected chi connectivity index (χ3v) is 14.5. The van der Waals surface area contributed by atoms with Crippen LogP contribution in [0.1, 0.15) is 284 Å². The fraction of sp³-hybridized carbons (Fsp3) is 0.839. The molecule has 0 aliphatic rings. The highest BCUT2D eigenvalue weighted by atomic mass is 31.2. The van der Waals surface area contributed by atoms with Gasteiger partial charge in [-0.1, -0.05) is 230 Å². The molecular formula is C62H118N2O7P+. The predicted octanol–water partition coefficient (Wildman–Crippen LogP) is 18.5. The normalized spacial score (nSPS) is 14.0. The lowest BCUT2D eigenvalue weighted by molar-refractivity contribution is -0.870. The van der Waals surface area contributed by atoms with Gasteiger partial charge in [-0.25, -0.2) is 4.57 Å². The van der Waals surface area contributed by atoms with Crippen LogP contribution in [0.3, 0.4) is 0 Å². The number of unbranched alkanes of at least 4 members (excludes halogenated alkanes) is 33. The third kappa shape index (κ3) is 52.8. The molecule has 422 valence electrons. The quantitative estimate of drug-likeness (QED) is 0.0205. The molecule has 0 aliphatic carbocycles. The summed E-state index contributed by atoms with van der Waals surface area (Å²) in [6, 6.07) is -0.850. The van der Waals surface area contributed by atoms with Crippen molar-refractivity contribution in [2.75, 3.05) is 40.9 Å². The summed E-state index contributed by atoms with van der Waals surface area (Å²) < 4.78 is 30.7. The van der Waals surface area contributed by atoms with Crippen LogP contribution >= 0.6 is 7.82 Å². The zero-order chi connectivity index (χ0) is 52.9. The highest BCUT2D eigenvalue weighted by Crippen LogP contribution is 2.43. The second-order valence-electron chi connectivity index (χ2n) is 21.9. The predicted molar refractivity (Wildman–Crippen MR) is 309 cm³/mol. The number of likely N-dealkylation sites (N-methyl/N-ethyl adjacent to an activating group) is 1. The standard InChI is InChI=1S/C62H117N2O7P/c1-7-10-13-16-19-22-25-28-30-31-32-33-35-37-40-43-46-49-52-55-62(66)71-60(53-50-47-44-41-38-27-24-21-18-15-12-9-3)59(58-70-72(67,68)69-57-56-64(4,5)6)63-61(65)54-51-48-45-42-39-36-34-29-26-23-20-17-14-11-8-2/h19,22-23,26,28,30,50,53,59-60H,7-18,20-21,24-25,27,29,31-49,51-52,54-58H2,1-6H3,(H-,63,65,67,68)/p+1/b22-19-,26-23-,30-28-,53-50+. The molecule has 0 fully saturated rings. The van der Waals surface area contributed by atoms with Crippen LogP contribution in [0.25, 0.3) is 0 Å². The molecule has 0 heterocycles. The Bertz CT molecular complexity index is 1380. The van der Waals surface area contributed by atoms with Crippen LogP contribution in [0.5, 0.6) is 0 Å². The maximum atomic E-state index is 13.5. The number of amides is 1. The van der Waals surface area contributed by atoms with Gasteiger partial charge in [0.05, 0.1) is 33.8 Å². The molecular weight excluding hydrogens is 916 g/mol. The molecule has 0 aliphatic heterocycles. The summed E-state index contributed by atoms with van der Waals surface area (Å²) in [6.45, 7) is 6.98. The summed E-state index contributed by atoms with van der Waals surface area (Å²) in [4.78, 5) is 37.7. The monoisotopic (exact) mass is 1030 g/mol. The molecule has 3 atom stereocenters. The number of hydrogen-bond acceptors (Lipinski definition) is 6. The van der Waals surface area contributed by atoms with Crippen molar-refractivity contribution in [2.24, 2.45) is 0 Å². The number of phosphoric ester groups is 1. The number of esters is 1. The Morgan fingerprint density at radius 3 is 1.31 bits per heavy atom. The van der Waals surface area contributed by atoms with E-state index in [1.54, 1.807) is 0 Å². The number of quaternary nitrogens is 1. The molecule has 0 aromatic rings. The summed E-state index contributed by atoms with van der Waals surface area (Å²) in [5.74, 6) is -0.508. The number of nitrogens with one attached hydrogen (secondary N) is 1. The SMILES string of the molecule is CCCCC/C=C\C/C=C\CCCCCCCCCCCC(=O)OC(/C=C/CCCCCCCCCCCC)C(COP(=O)(O)OCC[N+](C)(C)C)NC(=O)CCCCCCCCC/C=C\CCCCCC. The van der Waals surface area contributed by atoms with Gasteiger partial charge in [0.25, 0.3) is 0 Å². The molecule has 0 aromatic carbocycles. The van der Waals surface area contributed by atoms with E-state index in [2.05, 4.69) is 62.5 Å². The molecule has 9 nitrogen and oxygen atoms in total. The zero-order valence-corrected chi connectivity index (χ0v) is 49.1. The van der Waals surface area contributed by atoms with Crippen molar-refractivity contribution in [1.82, 2.24) is 5.32 Å². The van der Waals surface area contributed by atoms with E-state index in [-0.39, 0.29) is 31.5 Å². The van der Waals surface area contributed by atoms with Crippen molar-refractivity contribution < 1.29 is 37.3 Å². The number of phosphoric acid groups is 1. The number of allylic oxidation sites excluding steroid dienone is 7. The molecule has 0 bridgehead atoms. The van der Waals surface area contributed by atoms with Gasteiger partial charge in [0, 0.05) is 12.8 Å². The van der Waals surface area contributed by atoms with Crippen molar-refractivity contribution in [3.8, 4) is 0 Å². The minimum atomic E-state index is -4.45. The first-order valence-corrected chi connectivity index (χ1v) is 32.0. The van der Waals surface area contributed by atoms with Crippen molar-refractivity contribution in [3.63, 3.8) is 0 Å². The topological polar surface area (TPSA) is 111 Å². The summed E-state index contributed by atoms with van der Waals surface area (Å²) in [5, 5.41) is 3.05. The number of carbonyl (C=O) groups is 2. The number of rotatable bonds is 55. The van der Waals surface area contributed by atoms with Gasteiger partial charge in [0.2, 0.25) is 5.91 Å². The number of nitrogens with zero attached hydrogens (tertiary/aromatic N) is 1. The second kappa shape index (κ2) is 52.4. The lowest BCUT2D eigenvalue weighted by atomic mass is 10.0. The number of ether oxygens (including phenoxy) is 1. The van der Waals surface area contributed by atoms with Crippen molar-refractivity contribution in [1.29, 1.82) is 0 Å². The summed E-state index contributed by atoms with van der Waals surface area (Å²) in [6.07, 6.45) is 63.8. The van der Waals surface area contributed by atoms with Crippen LogP contribution in [-0.2, 0) is 27.9 Å². The third-order valence-electron chi connectivity index (χ3n) is 13.5. The summed E-state index contributed by atoms with van der Waals surface area (Å²) in [5.41, 5.74) is 0. The van der Waals surface area contributed by atoms with Gasteiger partial charge in [0.1, 0.15) is 19.3 Å². The lowest BCUT2D eigenvalue weighted by Crippen LogP contribution is -2.47. The highest BCUT2D eigenvalue weighted by Gasteiger charge is 2.30. The van der Waals surface area contributed by atoms with E-state index < -0.39 is 20.0 Å². The highest BCUT2D eigenvalue weighted by molar-refractivity contribution is 7.47. The van der Waals surface area contributed by atoms with Crippen LogP contribution in [0.15, 0.2) is 48.6 Å². The maximum absolute atomic E-state index is 13.5. The lowest BCUT2D eigenvalue weighted by Gasteiger charge is -2.27. The van der Waals surface area contributed by atoms with Gasteiger partial charge in [-0.05, 0) is 89.5 Å². The number of carbonyl (C=O) groups excluding carboxylic acids is 2. The maximum Gasteiger partial charge on any atom is 0.472 e. The van der Waals surface area contributed by atoms with Gasteiger partial charge in [0.15, 0.2) is 0 Å². The summed E-state index contributed by atoms with van der Waals surface area (Å²) >= 11 is 0. The fourth-order valence-electron chi connectivity index (χ4n) is 8.73. The minimum absolute atomic E-state index is 0.0390. The van der Waals surface area contributed by atoms with Gasteiger partial charge in [-0.2, -0.15) is 0 Å². The smallest absolute Gasteiger partial charge is 0.456 e. The van der Waals surface area contributed by atoms with Crippen LogP contribution in [0.2, 0.25) is 0 Å². The molecule has 2 N–H and O–H groups in total. The van der Waals surface area contributed by atoms with Gasteiger partial charge in [-0.3, -0.25) is 18.6 Å². The fourth-order valence-corrected chi connectivity index (χ4v) is 9.47. The van der Waals surface area contributed by atoms with Gasteiger partial charge >= 0.3 is 13.8 Å². The van der Waals surface area contributed by atoms with E-state index in [4.69, 9.17) is 13.8 Å². The Hall–Kier alpha value is -2.03. The van der Waals surface area contributed by atoms with E-state index in [1.807, 2.05) is 33.3 Å². The first-order valence-electron chi connectivity index (χ1n) is 30.5. The molecule has 0 saturated heterocycles. The Morgan fingerprint density at radius 1 is 0.486 bits per heavy atom. The molecule has 0 radical (unpaired) electrons. The van der Waals surface area contributed by atoms with Gasteiger partial charge < -0.3 is 19.4 Å². The van der Waals surface area contributed by atoms with E-state index in [0.29, 0.717) is 17.4 Å². The molecule has 10 heteroatoms. The van der Waals surface area contributed by atoms with Crippen LogP contribution in [0.4, 0.5) is 0 Å². The molecule has 3 unspecified atom stereocenters. The minimum Gasteiger partial charge on any atom is -0.456 e. The largest absolute Gasteiger partial charge is 0.472 e. The number of hydrogen-bond donors (Lipinski definition) is 2. The molecule has 0 spiro atoms. The van der Waals surface area contributed by atoms with Crippen molar-refractivity contribution in [2.45, 2.75) is 296 Å². The Kier molecular flexibility index (Phi) is 50.9. The Balaban J connectivity index is 5.27. The molecule has 0 saturated carbocycles. The zero-order valence-electron chi connectivity index (χ0n) is 48.2. The Morgan fingerprint density at radius 2 is 0.847 bits per heavy atom. The molecule has 72 heavy (non-hydrogen) atoms. The van der Waals surface area contributed by atoms with E-state index in [1.165, 1.54) is 173 Å². The first-order chi connectivity index (χ1) is 34.9. The van der Waals surface area contributed by atoms with Crippen LogP contribution in [0, 0.1) is 0 Å². The van der Waals surface area contributed by atoms with E-state index in [0.717, 1.165) is 77.0 Å². The summed E-state index contributed by atoms with van der Waals surface area (Å²) in [7, 11) is 1.49. The van der Waals surface area contributed by atoms with Gasteiger partial charge in [-0.15, -0.1) is 0 Å².